The highest BCUT2D eigenvalue weighted by Crippen LogP contribution is 2.26. The number of ether oxygens (including phenoxy) is 1. The predicted octanol–water partition coefficient (Wildman–Crippen LogP) is 1.89. The quantitative estimate of drug-likeness (QED) is 0.711. The van der Waals surface area contributed by atoms with E-state index in [1.807, 2.05) is 6.92 Å². The predicted molar refractivity (Wildman–Crippen MR) is 58.9 cm³/mol. The lowest BCUT2D eigenvalue weighted by atomic mass is 9.97. The number of hydrogen-bond donors (Lipinski definition) is 1. The van der Waals surface area contributed by atoms with Crippen LogP contribution in [-0.4, -0.2) is 19.1 Å². The fraction of sp³-hybridized carbons (Fsp3) is 0.417. The molecule has 0 fully saturated rings. The molecule has 1 atom stereocenters. The van der Waals surface area contributed by atoms with Crippen LogP contribution in [0, 0.1) is 6.92 Å². The van der Waals surface area contributed by atoms with Crippen molar-refractivity contribution in [3.05, 3.63) is 29.3 Å². The summed E-state index contributed by atoms with van der Waals surface area (Å²) in [6.45, 7) is 2.05. The maximum atomic E-state index is 11.4. The van der Waals surface area contributed by atoms with E-state index in [-0.39, 0.29) is 12.0 Å². The van der Waals surface area contributed by atoms with E-state index in [9.17, 15) is 4.79 Å². The summed E-state index contributed by atoms with van der Waals surface area (Å²) >= 11 is 0. The molecule has 0 bridgehead atoms. The molecule has 0 aliphatic carbocycles. The lowest BCUT2D eigenvalue weighted by molar-refractivity contribution is -0.141. The molecular weight excluding hydrogens is 190 g/mol. The fourth-order valence-electron chi connectivity index (χ4n) is 1.92. The van der Waals surface area contributed by atoms with E-state index in [2.05, 4.69) is 23.5 Å². The summed E-state index contributed by atoms with van der Waals surface area (Å²) < 4.78 is 4.73. The van der Waals surface area contributed by atoms with E-state index in [1.165, 1.54) is 18.2 Å². The van der Waals surface area contributed by atoms with Crippen LogP contribution < -0.4 is 5.32 Å². The Bertz CT molecular complexity index is 387. The number of anilines is 1. The van der Waals surface area contributed by atoms with Gasteiger partial charge in [-0.15, -0.1) is 0 Å². The SMILES string of the molecule is COC(=O)C1CCc2ccc(C)cc2N1. The van der Waals surface area contributed by atoms with Crippen LogP contribution in [0.1, 0.15) is 17.5 Å². The van der Waals surface area contributed by atoms with E-state index < -0.39 is 0 Å². The minimum atomic E-state index is -0.190. The summed E-state index contributed by atoms with van der Waals surface area (Å²) in [5.41, 5.74) is 3.55. The van der Waals surface area contributed by atoms with Crippen LogP contribution in [0.15, 0.2) is 18.2 Å². The van der Waals surface area contributed by atoms with Crippen molar-refractivity contribution < 1.29 is 9.53 Å². The van der Waals surface area contributed by atoms with E-state index in [0.717, 1.165) is 18.5 Å². The molecule has 3 heteroatoms. The van der Waals surface area contributed by atoms with Crippen molar-refractivity contribution in [2.75, 3.05) is 12.4 Å². The maximum absolute atomic E-state index is 11.4. The minimum absolute atomic E-state index is 0.179. The number of aryl methyl sites for hydroxylation is 2. The molecular formula is C12H15NO2. The van der Waals surface area contributed by atoms with Gasteiger partial charge in [0.15, 0.2) is 0 Å². The summed E-state index contributed by atoms with van der Waals surface area (Å²) in [4.78, 5) is 11.4. The van der Waals surface area contributed by atoms with E-state index in [0.29, 0.717) is 0 Å². The molecule has 0 saturated carbocycles. The zero-order valence-corrected chi connectivity index (χ0v) is 9.04. The Morgan fingerprint density at radius 1 is 1.53 bits per heavy atom. The monoisotopic (exact) mass is 205 g/mol. The Morgan fingerprint density at radius 3 is 3.07 bits per heavy atom. The smallest absolute Gasteiger partial charge is 0.328 e. The van der Waals surface area contributed by atoms with Crippen LogP contribution >= 0.6 is 0 Å². The lowest BCUT2D eigenvalue weighted by Crippen LogP contribution is -2.34. The molecule has 1 aliphatic rings. The van der Waals surface area contributed by atoms with Crippen LogP contribution in [-0.2, 0) is 16.0 Å². The molecule has 1 aromatic carbocycles. The molecule has 15 heavy (non-hydrogen) atoms. The standard InChI is InChI=1S/C12H15NO2/c1-8-3-4-9-5-6-10(12(14)15-2)13-11(9)7-8/h3-4,7,10,13H,5-6H2,1-2H3. The van der Waals surface area contributed by atoms with Gasteiger partial charge >= 0.3 is 5.97 Å². The number of carbonyl (C=O) groups excluding carboxylic acids is 1. The van der Waals surface area contributed by atoms with Crippen LogP contribution in [0.2, 0.25) is 0 Å². The topological polar surface area (TPSA) is 38.3 Å². The zero-order valence-electron chi connectivity index (χ0n) is 9.04. The first-order valence-corrected chi connectivity index (χ1v) is 5.14. The average Bonchev–Trinajstić information content (AvgIpc) is 2.27. The number of rotatable bonds is 1. The van der Waals surface area contributed by atoms with Gasteiger partial charge in [0.2, 0.25) is 0 Å². The molecule has 1 N–H and O–H groups in total. The second-order valence-electron chi connectivity index (χ2n) is 3.92. The second-order valence-corrected chi connectivity index (χ2v) is 3.92. The summed E-state index contributed by atoms with van der Waals surface area (Å²) in [5.74, 6) is -0.179. The Labute approximate surface area is 89.4 Å². The third-order valence-electron chi connectivity index (χ3n) is 2.78. The Hall–Kier alpha value is -1.51. The molecule has 0 amide bonds. The fourth-order valence-corrected chi connectivity index (χ4v) is 1.92. The lowest BCUT2D eigenvalue weighted by Gasteiger charge is -2.25. The van der Waals surface area contributed by atoms with Gasteiger partial charge in [0.05, 0.1) is 7.11 Å². The first-order valence-electron chi connectivity index (χ1n) is 5.14. The van der Waals surface area contributed by atoms with Crippen molar-refractivity contribution >= 4 is 11.7 Å². The molecule has 1 aliphatic heterocycles. The van der Waals surface area contributed by atoms with Gasteiger partial charge in [-0.3, -0.25) is 0 Å². The molecule has 0 aromatic heterocycles. The van der Waals surface area contributed by atoms with Gasteiger partial charge in [0.1, 0.15) is 6.04 Å². The molecule has 0 spiro atoms. The number of benzene rings is 1. The highest BCUT2D eigenvalue weighted by molar-refractivity contribution is 5.80. The van der Waals surface area contributed by atoms with Crippen molar-refractivity contribution in [3.63, 3.8) is 0 Å². The number of fused-ring (bicyclic) bond motifs is 1. The Balaban J connectivity index is 2.22. The van der Waals surface area contributed by atoms with Crippen molar-refractivity contribution in [2.45, 2.75) is 25.8 Å². The van der Waals surface area contributed by atoms with Crippen LogP contribution in [0.5, 0.6) is 0 Å². The first kappa shape index (κ1) is 10.0. The molecule has 0 radical (unpaired) electrons. The Morgan fingerprint density at radius 2 is 2.33 bits per heavy atom. The van der Waals surface area contributed by atoms with Gasteiger partial charge in [0.25, 0.3) is 0 Å². The van der Waals surface area contributed by atoms with Gasteiger partial charge in [-0.05, 0) is 37.0 Å². The van der Waals surface area contributed by atoms with E-state index in [4.69, 9.17) is 4.74 Å². The number of carbonyl (C=O) groups is 1. The number of nitrogens with one attached hydrogen (secondary N) is 1. The summed E-state index contributed by atoms with van der Waals surface area (Å²) in [7, 11) is 1.43. The van der Waals surface area contributed by atoms with E-state index in [1.54, 1.807) is 0 Å². The van der Waals surface area contributed by atoms with Crippen molar-refractivity contribution in [3.8, 4) is 0 Å². The molecule has 80 valence electrons. The molecule has 0 saturated heterocycles. The highest BCUT2D eigenvalue weighted by atomic mass is 16.5. The Kier molecular flexibility index (Phi) is 2.62. The molecule has 1 unspecified atom stereocenters. The summed E-state index contributed by atoms with van der Waals surface area (Å²) in [6.07, 6.45) is 1.74. The number of hydrogen-bond acceptors (Lipinski definition) is 3. The highest BCUT2D eigenvalue weighted by Gasteiger charge is 2.24. The molecule has 2 rings (SSSR count). The average molecular weight is 205 g/mol. The van der Waals surface area contributed by atoms with Gasteiger partial charge in [-0.2, -0.15) is 0 Å². The molecule has 1 aromatic rings. The van der Waals surface area contributed by atoms with Gasteiger partial charge in [-0.25, -0.2) is 4.79 Å². The normalized spacial score (nSPS) is 18.9. The van der Waals surface area contributed by atoms with E-state index >= 15 is 0 Å². The maximum Gasteiger partial charge on any atom is 0.328 e. The third kappa shape index (κ3) is 1.96. The molecule has 1 heterocycles. The van der Waals surface area contributed by atoms with Crippen molar-refractivity contribution in [2.24, 2.45) is 0 Å². The summed E-state index contributed by atoms with van der Waals surface area (Å²) in [5, 5.41) is 3.21. The first-order chi connectivity index (χ1) is 7.20. The second kappa shape index (κ2) is 3.93. The van der Waals surface area contributed by atoms with Crippen molar-refractivity contribution in [1.82, 2.24) is 0 Å². The van der Waals surface area contributed by atoms with Gasteiger partial charge < -0.3 is 10.1 Å². The minimum Gasteiger partial charge on any atom is -0.467 e. The van der Waals surface area contributed by atoms with Gasteiger partial charge in [0, 0.05) is 5.69 Å². The number of methoxy groups -OCH3 is 1. The zero-order chi connectivity index (χ0) is 10.8. The molecule has 3 nitrogen and oxygen atoms in total. The summed E-state index contributed by atoms with van der Waals surface area (Å²) in [6, 6.07) is 6.10. The van der Waals surface area contributed by atoms with Crippen LogP contribution in [0.4, 0.5) is 5.69 Å². The third-order valence-corrected chi connectivity index (χ3v) is 2.78. The van der Waals surface area contributed by atoms with Crippen LogP contribution in [0.3, 0.4) is 0 Å². The van der Waals surface area contributed by atoms with Crippen molar-refractivity contribution in [1.29, 1.82) is 0 Å². The van der Waals surface area contributed by atoms with Crippen LogP contribution in [0.25, 0.3) is 0 Å². The van der Waals surface area contributed by atoms with Gasteiger partial charge in [-0.1, -0.05) is 12.1 Å². The number of esters is 1. The largest absolute Gasteiger partial charge is 0.467 e.